The van der Waals surface area contributed by atoms with Gasteiger partial charge in [0.25, 0.3) is 0 Å². The highest BCUT2D eigenvalue weighted by molar-refractivity contribution is 7.99. The maximum Gasteiger partial charge on any atom is 0.232 e. The van der Waals surface area contributed by atoms with E-state index in [1.54, 1.807) is 35.0 Å². The molecule has 0 saturated heterocycles. The summed E-state index contributed by atoms with van der Waals surface area (Å²) in [4.78, 5) is 13.4. The summed E-state index contributed by atoms with van der Waals surface area (Å²) in [5.41, 5.74) is 1.72. The number of rotatable bonds is 5. The van der Waals surface area contributed by atoms with E-state index in [1.807, 2.05) is 12.5 Å². The van der Waals surface area contributed by atoms with E-state index in [-0.39, 0.29) is 11.7 Å². The highest BCUT2D eigenvalue weighted by Gasteiger charge is 2.10. The number of hydrogen-bond donors (Lipinski definition) is 0. The quantitative estimate of drug-likeness (QED) is 0.849. The Morgan fingerprint density at radius 1 is 1.40 bits per heavy atom. The first kappa shape index (κ1) is 14.6. The molecule has 0 unspecified atom stereocenters. The standard InChI is InChI=1S/C14H16FN3OS/c1-17(14(19)10-20-2)8-11-7-16-18(9-11)13-5-3-12(15)4-6-13/h3-7,9H,8,10H2,1-2H3. The highest BCUT2D eigenvalue weighted by Crippen LogP contribution is 2.11. The normalized spacial score (nSPS) is 10.6. The van der Waals surface area contributed by atoms with Crippen molar-refractivity contribution < 1.29 is 9.18 Å². The third-order valence-corrected chi connectivity index (χ3v) is 3.38. The van der Waals surface area contributed by atoms with Crippen molar-refractivity contribution in [1.29, 1.82) is 0 Å². The first-order valence-electron chi connectivity index (χ1n) is 6.12. The lowest BCUT2D eigenvalue weighted by Crippen LogP contribution is -2.27. The molecule has 106 valence electrons. The zero-order chi connectivity index (χ0) is 14.5. The molecular weight excluding hydrogens is 277 g/mol. The van der Waals surface area contributed by atoms with E-state index in [1.165, 1.54) is 23.9 Å². The molecule has 1 aromatic carbocycles. The number of carbonyl (C=O) groups excluding carboxylic acids is 1. The van der Waals surface area contributed by atoms with Crippen LogP contribution in [0.15, 0.2) is 36.7 Å². The van der Waals surface area contributed by atoms with Gasteiger partial charge in [0.15, 0.2) is 0 Å². The molecule has 0 saturated carbocycles. The van der Waals surface area contributed by atoms with Crippen LogP contribution in [0.25, 0.3) is 5.69 Å². The van der Waals surface area contributed by atoms with E-state index in [0.717, 1.165) is 11.3 Å². The molecule has 0 atom stereocenters. The van der Waals surface area contributed by atoms with Crippen molar-refractivity contribution in [3.8, 4) is 5.69 Å². The van der Waals surface area contributed by atoms with Crippen LogP contribution in [0.5, 0.6) is 0 Å². The van der Waals surface area contributed by atoms with Gasteiger partial charge in [0.05, 0.1) is 17.6 Å². The van der Waals surface area contributed by atoms with Gasteiger partial charge in [0.2, 0.25) is 5.91 Å². The Morgan fingerprint density at radius 2 is 2.10 bits per heavy atom. The van der Waals surface area contributed by atoms with E-state index in [9.17, 15) is 9.18 Å². The van der Waals surface area contributed by atoms with E-state index in [4.69, 9.17) is 0 Å². The molecule has 0 N–H and O–H groups in total. The summed E-state index contributed by atoms with van der Waals surface area (Å²) < 4.78 is 14.5. The Labute approximate surface area is 121 Å². The van der Waals surface area contributed by atoms with E-state index in [2.05, 4.69) is 5.10 Å². The molecule has 0 radical (unpaired) electrons. The van der Waals surface area contributed by atoms with Crippen molar-refractivity contribution in [2.24, 2.45) is 0 Å². The fraction of sp³-hybridized carbons (Fsp3) is 0.286. The topological polar surface area (TPSA) is 38.1 Å². The molecule has 0 spiro atoms. The Bertz CT molecular complexity index is 582. The molecule has 0 bridgehead atoms. The van der Waals surface area contributed by atoms with Gasteiger partial charge in [-0.25, -0.2) is 9.07 Å². The smallest absolute Gasteiger partial charge is 0.232 e. The molecule has 6 heteroatoms. The molecule has 4 nitrogen and oxygen atoms in total. The van der Waals surface area contributed by atoms with Gasteiger partial charge in [-0.15, -0.1) is 0 Å². The lowest BCUT2D eigenvalue weighted by atomic mass is 10.3. The second-order valence-corrected chi connectivity index (χ2v) is 5.32. The monoisotopic (exact) mass is 293 g/mol. The van der Waals surface area contributed by atoms with Crippen LogP contribution in [-0.2, 0) is 11.3 Å². The van der Waals surface area contributed by atoms with Crippen molar-refractivity contribution >= 4 is 17.7 Å². The molecule has 2 aromatic rings. The van der Waals surface area contributed by atoms with Crippen molar-refractivity contribution in [3.63, 3.8) is 0 Å². The van der Waals surface area contributed by atoms with Crippen LogP contribution >= 0.6 is 11.8 Å². The van der Waals surface area contributed by atoms with Gasteiger partial charge in [-0.05, 0) is 30.5 Å². The molecule has 0 fully saturated rings. The zero-order valence-corrected chi connectivity index (χ0v) is 12.2. The Morgan fingerprint density at radius 3 is 2.75 bits per heavy atom. The third-order valence-electron chi connectivity index (χ3n) is 2.84. The predicted octanol–water partition coefficient (Wildman–Crippen LogP) is 2.33. The molecular formula is C14H16FN3OS. The van der Waals surface area contributed by atoms with Crippen LogP contribution in [0.2, 0.25) is 0 Å². The van der Waals surface area contributed by atoms with Crippen LogP contribution in [0, 0.1) is 5.82 Å². The highest BCUT2D eigenvalue weighted by atomic mass is 32.2. The van der Waals surface area contributed by atoms with Gasteiger partial charge in [0.1, 0.15) is 5.82 Å². The maximum atomic E-state index is 12.9. The minimum atomic E-state index is -0.275. The largest absolute Gasteiger partial charge is 0.341 e. The molecule has 1 amide bonds. The second-order valence-electron chi connectivity index (χ2n) is 4.45. The first-order valence-corrected chi connectivity index (χ1v) is 7.52. The summed E-state index contributed by atoms with van der Waals surface area (Å²) in [6.45, 7) is 0.514. The summed E-state index contributed by atoms with van der Waals surface area (Å²) in [5, 5.41) is 4.23. The molecule has 0 aliphatic heterocycles. The van der Waals surface area contributed by atoms with Crippen molar-refractivity contribution in [2.75, 3.05) is 19.1 Å². The maximum absolute atomic E-state index is 12.9. The number of nitrogens with zero attached hydrogens (tertiary/aromatic N) is 3. The number of thioether (sulfide) groups is 1. The van der Waals surface area contributed by atoms with Crippen LogP contribution in [0.1, 0.15) is 5.56 Å². The van der Waals surface area contributed by atoms with E-state index >= 15 is 0 Å². The fourth-order valence-corrected chi connectivity index (χ4v) is 2.24. The second kappa shape index (κ2) is 6.56. The Kier molecular flexibility index (Phi) is 4.79. The number of carbonyl (C=O) groups is 1. The molecule has 0 aliphatic rings. The minimum Gasteiger partial charge on any atom is -0.341 e. The van der Waals surface area contributed by atoms with Crippen molar-refractivity contribution in [2.45, 2.75) is 6.54 Å². The van der Waals surface area contributed by atoms with E-state index < -0.39 is 0 Å². The Balaban J connectivity index is 2.05. The minimum absolute atomic E-state index is 0.0898. The average molecular weight is 293 g/mol. The fourth-order valence-electron chi connectivity index (χ4n) is 1.77. The summed E-state index contributed by atoms with van der Waals surface area (Å²) in [6, 6.07) is 6.11. The third kappa shape index (κ3) is 3.60. The van der Waals surface area contributed by atoms with Crippen LogP contribution < -0.4 is 0 Å². The number of benzene rings is 1. The number of amides is 1. The molecule has 1 heterocycles. The van der Waals surface area contributed by atoms with Crippen LogP contribution in [0.3, 0.4) is 0 Å². The van der Waals surface area contributed by atoms with Gasteiger partial charge < -0.3 is 4.90 Å². The summed E-state index contributed by atoms with van der Waals surface area (Å²) in [6.07, 6.45) is 5.46. The first-order chi connectivity index (χ1) is 9.60. The Hall–Kier alpha value is -1.82. The molecule has 0 aliphatic carbocycles. The summed E-state index contributed by atoms with van der Waals surface area (Å²) in [5.74, 6) is 0.290. The van der Waals surface area contributed by atoms with Gasteiger partial charge in [-0.3, -0.25) is 4.79 Å². The van der Waals surface area contributed by atoms with Gasteiger partial charge >= 0.3 is 0 Å². The van der Waals surface area contributed by atoms with Crippen molar-refractivity contribution in [1.82, 2.24) is 14.7 Å². The molecule has 20 heavy (non-hydrogen) atoms. The number of halogens is 1. The lowest BCUT2D eigenvalue weighted by Gasteiger charge is -2.15. The van der Waals surface area contributed by atoms with Crippen LogP contribution in [0.4, 0.5) is 4.39 Å². The van der Waals surface area contributed by atoms with Gasteiger partial charge in [-0.1, -0.05) is 0 Å². The molecule has 1 aromatic heterocycles. The zero-order valence-electron chi connectivity index (χ0n) is 11.4. The van der Waals surface area contributed by atoms with Crippen molar-refractivity contribution in [3.05, 3.63) is 48.0 Å². The van der Waals surface area contributed by atoms with E-state index in [0.29, 0.717) is 12.3 Å². The summed E-state index contributed by atoms with van der Waals surface area (Å²) >= 11 is 1.50. The lowest BCUT2D eigenvalue weighted by molar-refractivity contribution is -0.127. The summed E-state index contributed by atoms with van der Waals surface area (Å²) in [7, 11) is 1.77. The number of aromatic nitrogens is 2. The van der Waals surface area contributed by atoms with Crippen LogP contribution in [-0.4, -0.2) is 39.6 Å². The predicted molar refractivity (Wildman–Crippen MR) is 78.4 cm³/mol. The van der Waals surface area contributed by atoms with Gasteiger partial charge in [-0.2, -0.15) is 16.9 Å². The van der Waals surface area contributed by atoms with Gasteiger partial charge in [0, 0.05) is 25.4 Å². The average Bonchev–Trinajstić information content (AvgIpc) is 2.88. The molecule has 2 rings (SSSR count). The SMILES string of the molecule is CSCC(=O)N(C)Cc1cnn(-c2ccc(F)cc2)c1. The number of hydrogen-bond acceptors (Lipinski definition) is 3.